The molecule has 3 aromatic rings. The average Bonchev–Trinajstić information content (AvgIpc) is 3.07. The summed E-state index contributed by atoms with van der Waals surface area (Å²) in [5.41, 5.74) is 0.447. The molecule has 0 N–H and O–H groups in total. The molecule has 3 aromatic heterocycles. The summed E-state index contributed by atoms with van der Waals surface area (Å²) < 4.78 is 8.25. The number of aryl methyl sites for hydroxylation is 1. The Morgan fingerprint density at radius 2 is 2.05 bits per heavy atom. The van der Waals surface area contributed by atoms with Crippen molar-refractivity contribution in [3.8, 4) is 11.4 Å². The van der Waals surface area contributed by atoms with Crippen molar-refractivity contribution in [3.05, 3.63) is 47.2 Å². The van der Waals surface area contributed by atoms with Gasteiger partial charge in [0.15, 0.2) is 0 Å². The molecule has 0 spiro atoms. The van der Waals surface area contributed by atoms with Gasteiger partial charge in [-0.25, -0.2) is 9.48 Å². The second-order valence-corrected chi connectivity index (χ2v) is 4.31. The van der Waals surface area contributed by atoms with Crippen LogP contribution < -0.4 is 5.69 Å². The molecule has 0 saturated heterocycles. The molecule has 0 aliphatic carbocycles. The first-order valence-corrected chi connectivity index (χ1v) is 6.01. The fraction of sp³-hybridized carbons (Fsp3) is 0.250. The van der Waals surface area contributed by atoms with Gasteiger partial charge in [-0.05, 0) is 19.1 Å². The summed E-state index contributed by atoms with van der Waals surface area (Å²) in [5.74, 6) is 0.812. The zero-order chi connectivity index (χ0) is 14.1. The van der Waals surface area contributed by atoms with E-state index in [9.17, 15) is 4.79 Å². The fourth-order valence-electron chi connectivity index (χ4n) is 1.95. The number of hydrogen-bond acceptors (Lipinski definition) is 6. The lowest BCUT2D eigenvalue weighted by Gasteiger charge is -2.09. The van der Waals surface area contributed by atoms with Crippen molar-refractivity contribution in [2.75, 3.05) is 0 Å². The Hall–Kier alpha value is -2.77. The first kappa shape index (κ1) is 12.3. The molecule has 20 heavy (non-hydrogen) atoms. The van der Waals surface area contributed by atoms with Crippen LogP contribution in [0.5, 0.6) is 0 Å². The molecule has 0 bridgehead atoms. The quantitative estimate of drug-likeness (QED) is 0.694. The van der Waals surface area contributed by atoms with Crippen LogP contribution in [0.2, 0.25) is 0 Å². The lowest BCUT2D eigenvalue weighted by Crippen LogP contribution is -2.26. The van der Waals surface area contributed by atoms with Crippen LogP contribution >= 0.6 is 0 Å². The van der Waals surface area contributed by atoms with E-state index in [1.54, 1.807) is 43.2 Å². The SMILES string of the molecule is CC(c1nc(-c2ccncc2)no1)n1c(=O)ncn1C. The summed E-state index contributed by atoms with van der Waals surface area (Å²) >= 11 is 0. The van der Waals surface area contributed by atoms with Crippen LogP contribution in [-0.2, 0) is 7.05 Å². The second kappa shape index (κ2) is 4.72. The minimum absolute atomic E-state index is 0.350. The first-order chi connectivity index (χ1) is 9.66. The third kappa shape index (κ3) is 2.00. The van der Waals surface area contributed by atoms with Gasteiger partial charge >= 0.3 is 5.69 Å². The molecule has 0 radical (unpaired) electrons. The highest BCUT2D eigenvalue weighted by atomic mass is 16.5. The maximum absolute atomic E-state index is 11.7. The van der Waals surface area contributed by atoms with Gasteiger partial charge in [0.05, 0.1) is 0 Å². The van der Waals surface area contributed by atoms with E-state index in [0.29, 0.717) is 11.7 Å². The summed E-state index contributed by atoms with van der Waals surface area (Å²) in [5, 5.41) is 3.92. The standard InChI is InChI=1S/C12H12N6O2/c1-8(18-12(19)14-7-17(18)2)11-15-10(16-20-11)9-3-5-13-6-4-9/h3-8H,1-2H3. The summed E-state index contributed by atoms with van der Waals surface area (Å²) in [6.45, 7) is 1.80. The van der Waals surface area contributed by atoms with Gasteiger partial charge in [-0.2, -0.15) is 9.97 Å². The summed E-state index contributed by atoms with van der Waals surface area (Å²) in [7, 11) is 1.73. The minimum Gasteiger partial charge on any atom is -0.337 e. The Balaban J connectivity index is 1.97. The fourth-order valence-corrected chi connectivity index (χ4v) is 1.95. The Labute approximate surface area is 113 Å². The van der Waals surface area contributed by atoms with Crippen LogP contribution in [0.25, 0.3) is 11.4 Å². The van der Waals surface area contributed by atoms with Gasteiger partial charge in [-0.15, -0.1) is 0 Å². The Morgan fingerprint density at radius 1 is 1.30 bits per heavy atom. The maximum Gasteiger partial charge on any atom is 0.364 e. The smallest absolute Gasteiger partial charge is 0.337 e. The van der Waals surface area contributed by atoms with Crippen molar-refractivity contribution >= 4 is 0 Å². The first-order valence-electron chi connectivity index (χ1n) is 6.01. The van der Waals surface area contributed by atoms with E-state index in [2.05, 4.69) is 20.1 Å². The van der Waals surface area contributed by atoms with E-state index >= 15 is 0 Å². The van der Waals surface area contributed by atoms with Gasteiger partial charge in [-0.1, -0.05) is 5.16 Å². The van der Waals surface area contributed by atoms with Crippen LogP contribution in [0.4, 0.5) is 0 Å². The molecular formula is C12H12N6O2. The Morgan fingerprint density at radius 3 is 2.70 bits per heavy atom. The van der Waals surface area contributed by atoms with Crippen LogP contribution in [0.1, 0.15) is 18.9 Å². The monoisotopic (exact) mass is 272 g/mol. The average molecular weight is 272 g/mol. The molecule has 3 heterocycles. The number of pyridine rings is 1. The van der Waals surface area contributed by atoms with Crippen LogP contribution in [0.15, 0.2) is 40.2 Å². The molecule has 8 heteroatoms. The highest BCUT2D eigenvalue weighted by Crippen LogP contribution is 2.19. The van der Waals surface area contributed by atoms with E-state index in [4.69, 9.17) is 4.52 Å². The second-order valence-electron chi connectivity index (χ2n) is 4.31. The van der Waals surface area contributed by atoms with E-state index in [-0.39, 0.29) is 5.69 Å². The number of hydrogen-bond donors (Lipinski definition) is 0. The molecule has 8 nitrogen and oxygen atoms in total. The number of aromatic nitrogens is 6. The molecule has 0 aliphatic heterocycles. The highest BCUT2D eigenvalue weighted by Gasteiger charge is 2.20. The zero-order valence-corrected chi connectivity index (χ0v) is 11.0. The van der Waals surface area contributed by atoms with Crippen LogP contribution in [0.3, 0.4) is 0 Å². The minimum atomic E-state index is -0.391. The predicted octanol–water partition coefficient (Wildman–Crippen LogP) is 0.636. The largest absolute Gasteiger partial charge is 0.364 e. The van der Waals surface area contributed by atoms with Gasteiger partial charge in [0.1, 0.15) is 12.4 Å². The van der Waals surface area contributed by atoms with Crippen molar-refractivity contribution < 1.29 is 4.52 Å². The van der Waals surface area contributed by atoms with Crippen molar-refractivity contribution in [1.82, 2.24) is 29.5 Å². The summed E-state index contributed by atoms with van der Waals surface area (Å²) in [6.07, 6.45) is 4.75. The third-order valence-electron chi connectivity index (χ3n) is 2.98. The van der Waals surface area contributed by atoms with E-state index < -0.39 is 6.04 Å². The summed E-state index contributed by atoms with van der Waals surface area (Å²) in [6, 6.07) is 3.18. The highest BCUT2D eigenvalue weighted by molar-refractivity contribution is 5.52. The molecular weight excluding hydrogens is 260 g/mol. The third-order valence-corrected chi connectivity index (χ3v) is 2.98. The van der Waals surface area contributed by atoms with Gasteiger partial charge in [0.25, 0.3) is 5.89 Å². The van der Waals surface area contributed by atoms with Crippen molar-refractivity contribution in [3.63, 3.8) is 0 Å². The van der Waals surface area contributed by atoms with Crippen molar-refractivity contribution in [2.45, 2.75) is 13.0 Å². The van der Waals surface area contributed by atoms with Gasteiger partial charge in [-0.3, -0.25) is 9.67 Å². The molecule has 1 unspecified atom stereocenters. The Kier molecular flexibility index (Phi) is 2.90. The van der Waals surface area contributed by atoms with E-state index in [1.165, 1.54) is 11.0 Å². The number of nitrogens with zero attached hydrogens (tertiary/aromatic N) is 6. The lowest BCUT2D eigenvalue weighted by molar-refractivity contribution is 0.318. The number of rotatable bonds is 3. The van der Waals surface area contributed by atoms with Crippen molar-refractivity contribution in [1.29, 1.82) is 0 Å². The lowest BCUT2D eigenvalue weighted by atomic mass is 10.2. The van der Waals surface area contributed by atoms with Crippen LogP contribution in [-0.4, -0.2) is 29.5 Å². The van der Waals surface area contributed by atoms with Gasteiger partial charge < -0.3 is 4.52 Å². The molecule has 1 atom stereocenters. The molecule has 0 amide bonds. The topological polar surface area (TPSA) is 91.6 Å². The predicted molar refractivity (Wildman–Crippen MR) is 68.8 cm³/mol. The maximum atomic E-state index is 11.7. The molecule has 102 valence electrons. The molecule has 0 saturated carbocycles. The molecule has 0 aromatic carbocycles. The molecule has 0 aliphatic rings. The van der Waals surface area contributed by atoms with Gasteiger partial charge in [0, 0.05) is 25.0 Å². The van der Waals surface area contributed by atoms with E-state index in [0.717, 1.165) is 5.56 Å². The van der Waals surface area contributed by atoms with Crippen molar-refractivity contribution in [2.24, 2.45) is 7.05 Å². The normalized spacial score (nSPS) is 12.5. The van der Waals surface area contributed by atoms with Crippen LogP contribution in [0, 0.1) is 0 Å². The Bertz CT molecular complexity index is 773. The molecule has 3 rings (SSSR count). The van der Waals surface area contributed by atoms with Gasteiger partial charge in [0.2, 0.25) is 5.82 Å². The van der Waals surface area contributed by atoms with E-state index in [1.807, 2.05) is 0 Å². The summed E-state index contributed by atoms with van der Waals surface area (Å²) in [4.78, 5) is 23.6. The zero-order valence-electron chi connectivity index (χ0n) is 11.0. The molecule has 0 fully saturated rings.